The third kappa shape index (κ3) is 6.97. The van der Waals surface area contributed by atoms with Gasteiger partial charge in [0.1, 0.15) is 24.7 Å². The van der Waals surface area contributed by atoms with E-state index in [9.17, 15) is 9.90 Å². The van der Waals surface area contributed by atoms with Gasteiger partial charge in [0.2, 0.25) is 0 Å². The zero-order chi connectivity index (χ0) is 26.7. The van der Waals surface area contributed by atoms with E-state index in [1.165, 1.54) is 6.07 Å². The molecule has 0 amide bonds. The van der Waals surface area contributed by atoms with Crippen LogP contribution < -0.4 is 4.74 Å². The Balaban J connectivity index is 1.49. The van der Waals surface area contributed by atoms with Crippen molar-refractivity contribution in [2.24, 2.45) is 5.92 Å². The highest BCUT2D eigenvalue weighted by Crippen LogP contribution is 2.33. The van der Waals surface area contributed by atoms with Crippen LogP contribution in [-0.4, -0.2) is 34.3 Å². The van der Waals surface area contributed by atoms with Gasteiger partial charge in [-0.25, -0.2) is 9.97 Å². The van der Waals surface area contributed by atoms with Crippen molar-refractivity contribution in [3.63, 3.8) is 0 Å². The number of carbonyl (C=O) groups excluding carboxylic acids is 1. The molecule has 1 atom stereocenters. The van der Waals surface area contributed by atoms with Crippen LogP contribution in [0, 0.1) is 5.92 Å². The molecular weight excluding hydrogens is 476 g/mol. The van der Waals surface area contributed by atoms with Crippen LogP contribution in [0.4, 0.5) is 0 Å². The molecule has 0 aliphatic carbocycles. The first-order valence-electron chi connectivity index (χ1n) is 13.2. The second-order valence-corrected chi connectivity index (χ2v) is 9.14. The van der Waals surface area contributed by atoms with E-state index >= 15 is 0 Å². The van der Waals surface area contributed by atoms with Gasteiger partial charge >= 0.3 is 5.97 Å². The van der Waals surface area contributed by atoms with Crippen molar-refractivity contribution in [3.8, 4) is 45.4 Å². The predicted molar refractivity (Wildman–Crippen MR) is 150 cm³/mol. The summed E-state index contributed by atoms with van der Waals surface area (Å²) in [7, 11) is 0. The van der Waals surface area contributed by atoms with Gasteiger partial charge in [0.25, 0.3) is 0 Å². The Morgan fingerprint density at radius 2 is 1.47 bits per heavy atom. The summed E-state index contributed by atoms with van der Waals surface area (Å²) in [4.78, 5) is 21.8. The molecule has 0 saturated heterocycles. The minimum Gasteiger partial charge on any atom is -0.507 e. The molecule has 0 aliphatic heterocycles. The van der Waals surface area contributed by atoms with Crippen LogP contribution in [0.2, 0.25) is 0 Å². The first-order chi connectivity index (χ1) is 18.6. The van der Waals surface area contributed by atoms with Gasteiger partial charge in [-0.05, 0) is 31.0 Å². The lowest BCUT2D eigenvalue weighted by Gasteiger charge is -2.14. The minimum atomic E-state index is -0.174. The zero-order valence-corrected chi connectivity index (χ0v) is 22.0. The molecule has 0 fully saturated rings. The van der Waals surface area contributed by atoms with E-state index in [1.807, 2.05) is 73.7 Å². The molecule has 1 heterocycles. The Hall–Kier alpha value is -4.19. The molecule has 0 radical (unpaired) electrons. The average molecular weight is 511 g/mol. The van der Waals surface area contributed by atoms with E-state index in [0.29, 0.717) is 17.1 Å². The SMILES string of the molecule is CCCCC(CC)C(=O)OCCOc1ccc(-c2nc(-c3ccccc3)cc(-c3ccccc3)n2)c(O)c1. The van der Waals surface area contributed by atoms with Crippen molar-refractivity contribution in [2.75, 3.05) is 13.2 Å². The Morgan fingerprint density at radius 1 is 0.842 bits per heavy atom. The van der Waals surface area contributed by atoms with Crippen molar-refractivity contribution in [2.45, 2.75) is 39.5 Å². The fourth-order valence-electron chi connectivity index (χ4n) is 4.23. The molecule has 6 heteroatoms. The first kappa shape index (κ1) is 26.9. The lowest BCUT2D eigenvalue weighted by molar-refractivity contribution is -0.149. The number of benzene rings is 3. The van der Waals surface area contributed by atoms with Gasteiger partial charge in [0.05, 0.1) is 22.9 Å². The Labute approximate surface area is 224 Å². The maximum Gasteiger partial charge on any atom is 0.309 e. The fraction of sp³-hybridized carbons (Fsp3) is 0.281. The number of unbranched alkanes of at least 4 members (excludes halogenated alkanes) is 1. The number of aromatic hydroxyl groups is 1. The summed E-state index contributed by atoms with van der Waals surface area (Å²) < 4.78 is 11.1. The smallest absolute Gasteiger partial charge is 0.309 e. The van der Waals surface area contributed by atoms with E-state index in [4.69, 9.17) is 19.4 Å². The molecular formula is C32H34N2O4. The Morgan fingerprint density at radius 3 is 2.03 bits per heavy atom. The largest absolute Gasteiger partial charge is 0.507 e. The third-order valence-corrected chi connectivity index (χ3v) is 6.40. The van der Waals surface area contributed by atoms with Crippen molar-refractivity contribution in [1.82, 2.24) is 9.97 Å². The number of nitrogens with zero attached hydrogens (tertiary/aromatic N) is 2. The van der Waals surface area contributed by atoms with Crippen LogP contribution in [0.1, 0.15) is 39.5 Å². The summed E-state index contributed by atoms with van der Waals surface area (Å²) in [5.74, 6) is 0.663. The molecule has 0 spiro atoms. The predicted octanol–water partition coefficient (Wildman–Crippen LogP) is 7.32. The van der Waals surface area contributed by atoms with E-state index < -0.39 is 0 Å². The van der Waals surface area contributed by atoms with Crippen LogP contribution in [-0.2, 0) is 9.53 Å². The molecule has 1 aromatic heterocycles. The number of rotatable bonds is 12. The van der Waals surface area contributed by atoms with Gasteiger partial charge in [0.15, 0.2) is 5.82 Å². The highest BCUT2D eigenvalue weighted by molar-refractivity contribution is 5.74. The van der Waals surface area contributed by atoms with Crippen LogP contribution >= 0.6 is 0 Å². The van der Waals surface area contributed by atoms with E-state index in [1.54, 1.807) is 12.1 Å². The molecule has 196 valence electrons. The van der Waals surface area contributed by atoms with E-state index in [2.05, 4.69) is 6.92 Å². The monoisotopic (exact) mass is 510 g/mol. The normalized spacial score (nSPS) is 11.6. The lowest BCUT2D eigenvalue weighted by Crippen LogP contribution is -2.20. The highest BCUT2D eigenvalue weighted by atomic mass is 16.6. The number of carbonyl (C=O) groups is 1. The van der Waals surface area contributed by atoms with Gasteiger partial charge in [-0.15, -0.1) is 0 Å². The summed E-state index contributed by atoms with van der Waals surface area (Å²) in [6.45, 7) is 4.48. The number of phenols is 1. The molecule has 1 unspecified atom stereocenters. The molecule has 1 N–H and O–H groups in total. The zero-order valence-electron chi connectivity index (χ0n) is 22.0. The van der Waals surface area contributed by atoms with Crippen LogP contribution in [0.15, 0.2) is 84.9 Å². The summed E-state index contributed by atoms with van der Waals surface area (Å²) in [6, 6.07) is 26.8. The molecule has 0 bridgehead atoms. The molecule has 38 heavy (non-hydrogen) atoms. The molecule has 0 aliphatic rings. The minimum absolute atomic E-state index is 0.00864. The molecule has 4 aromatic rings. The van der Waals surface area contributed by atoms with E-state index in [0.717, 1.165) is 48.2 Å². The highest BCUT2D eigenvalue weighted by Gasteiger charge is 2.17. The van der Waals surface area contributed by atoms with Gasteiger partial charge < -0.3 is 14.6 Å². The van der Waals surface area contributed by atoms with Crippen molar-refractivity contribution < 1.29 is 19.4 Å². The molecule has 6 nitrogen and oxygen atoms in total. The second-order valence-electron chi connectivity index (χ2n) is 9.14. The fourth-order valence-corrected chi connectivity index (χ4v) is 4.23. The number of aromatic nitrogens is 2. The van der Waals surface area contributed by atoms with E-state index in [-0.39, 0.29) is 30.9 Å². The number of esters is 1. The maximum absolute atomic E-state index is 12.3. The van der Waals surface area contributed by atoms with Crippen LogP contribution in [0.5, 0.6) is 11.5 Å². The molecule has 4 rings (SSSR count). The summed E-state index contributed by atoms with van der Waals surface area (Å²) >= 11 is 0. The van der Waals surface area contributed by atoms with Gasteiger partial charge in [-0.1, -0.05) is 87.4 Å². The number of ether oxygens (including phenoxy) is 2. The van der Waals surface area contributed by atoms with Gasteiger partial charge in [0, 0.05) is 17.2 Å². The lowest BCUT2D eigenvalue weighted by atomic mass is 10.00. The Kier molecular flexibility index (Phi) is 9.46. The Bertz CT molecular complexity index is 1270. The van der Waals surface area contributed by atoms with Crippen LogP contribution in [0.3, 0.4) is 0 Å². The quantitative estimate of drug-likeness (QED) is 0.159. The average Bonchev–Trinajstić information content (AvgIpc) is 2.96. The van der Waals surface area contributed by atoms with Crippen LogP contribution in [0.25, 0.3) is 33.9 Å². The molecule has 3 aromatic carbocycles. The topological polar surface area (TPSA) is 81.5 Å². The summed E-state index contributed by atoms with van der Waals surface area (Å²) in [6.07, 6.45) is 3.69. The summed E-state index contributed by atoms with van der Waals surface area (Å²) in [5.41, 5.74) is 3.95. The van der Waals surface area contributed by atoms with Crippen molar-refractivity contribution in [3.05, 3.63) is 84.9 Å². The maximum atomic E-state index is 12.3. The number of hydrogen-bond donors (Lipinski definition) is 1. The van der Waals surface area contributed by atoms with Crippen molar-refractivity contribution >= 4 is 5.97 Å². The molecule has 0 saturated carbocycles. The second kappa shape index (κ2) is 13.4. The van der Waals surface area contributed by atoms with Gasteiger partial charge in [-0.2, -0.15) is 0 Å². The number of phenolic OH excluding ortho intramolecular Hbond substituents is 1. The van der Waals surface area contributed by atoms with Crippen molar-refractivity contribution in [1.29, 1.82) is 0 Å². The van der Waals surface area contributed by atoms with Gasteiger partial charge in [-0.3, -0.25) is 4.79 Å². The third-order valence-electron chi connectivity index (χ3n) is 6.40. The standard InChI is InChI=1S/C32H34N2O4/c1-3-5-12-23(4-2)32(36)38-20-19-37-26-17-18-27(30(35)21-26)31-33-28(24-13-8-6-9-14-24)22-29(34-31)25-15-10-7-11-16-25/h6-11,13-18,21-23,35H,3-5,12,19-20H2,1-2H3. The number of hydrogen-bond acceptors (Lipinski definition) is 6. The summed E-state index contributed by atoms with van der Waals surface area (Å²) in [5, 5.41) is 10.9. The first-order valence-corrected chi connectivity index (χ1v) is 13.2.